The Labute approximate surface area is 169 Å². The summed E-state index contributed by atoms with van der Waals surface area (Å²) in [7, 11) is 0. The van der Waals surface area contributed by atoms with Crippen LogP contribution in [0.4, 0.5) is 0 Å². The van der Waals surface area contributed by atoms with Crippen LogP contribution in [0.1, 0.15) is 20.3 Å². The molecule has 0 saturated carbocycles. The van der Waals surface area contributed by atoms with Crippen molar-refractivity contribution in [1.82, 2.24) is 19.9 Å². The third-order valence-electron chi connectivity index (χ3n) is 3.65. The molecular weight excluding hydrogens is 376 g/mol. The number of hydrogen-bond donors (Lipinski definition) is 0. The number of carbonyl (C=O) groups excluding carboxylic acids is 2. The molecule has 0 bridgehead atoms. The highest BCUT2D eigenvalue weighted by atomic mass is 32.2. The van der Waals surface area contributed by atoms with Crippen LogP contribution >= 0.6 is 11.8 Å². The highest BCUT2D eigenvalue weighted by molar-refractivity contribution is 7.99. The van der Waals surface area contributed by atoms with Crippen LogP contribution in [0.2, 0.25) is 0 Å². The van der Waals surface area contributed by atoms with E-state index in [-0.39, 0.29) is 18.3 Å². The van der Waals surface area contributed by atoms with Crippen molar-refractivity contribution in [3.63, 3.8) is 0 Å². The van der Waals surface area contributed by atoms with E-state index in [4.69, 9.17) is 4.74 Å². The molecule has 148 valence electrons. The third-order valence-corrected chi connectivity index (χ3v) is 4.48. The first kappa shape index (κ1) is 21.6. The van der Waals surface area contributed by atoms with E-state index in [2.05, 4.69) is 15.0 Å². The molecule has 0 atom stereocenters. The molecule has 8 heteroatoms. The van der Waals surface area contributed by atoms with Crippen LogP contribution in [-0.2, 0) is 14.3 Å². The van der Waals surface area contributed by atoms with Gasteiger partial charge in [0.1, 0.15) is 0 Å². The monoisotopic (exact) mass is 400 g/mol. The Morgan fingerprint density at radius 3 is 2.68 bits per heavy atom. The topological polar surface area (TPSA) is 85.3 Å². The molecular formula is C20H24N4O3S. The van der Waals surface area contributed by atoms with E-state index in [1.165, 1.54) is 0 Å². The summed E-state index contributed by atoms with van der Waals surface area (Å²) in [5.74, 6) is -0.609. The van der Waals surface area contributed by atoms with Gasteiger partial charge in [-0.2, -0.15) is 0 Å². The third kappa shape index (κ3) is 6.77. The fraction of sp³-hybridized carbons (Fsp3) is 0.350. The molecule has 1 amide bonds. The van der Waals surface area contributed by atoms with Gasteiger partial charge in [-0.05, 0) is 24.6 Å². The Kier molecular flexibility index (Phi) is 9.14. The van der Waals surface area contributed by atoms with Crippen LogP contribution in [0.25, 0.3) is 11.4 Å². The van der Waals surface area contributed by atoms with Gasteiger partial charge in [-0.25, -0.2) is 9.97 Å². The first-order valence-electron chi connectivity index (χ1n) is 9.18. The molecule has 3 rings (SSSR count). The van der Waals surface area contributed by atoms with E-state index >= 15 is 0 Å². The molecule has 7 nitrogen and oxygen atoms in total. The van der Waals surface area contributed by atoms with Gasteiger partial charge in [-0.3, -0.25) is 14.6 Å². The number of aromatic nitrogens is 3. The highest BCUT2D eigenvalue weighted by Crippen LogP contribution is 2.18. The van der Waals surface area contributed by atoms with Crippen molar-refractivity contribution in [2.24, 2.45) is 0 Å². The van der Waals surface area contributed by atoms with Crippen LogP contribution in [-0.4, -0.2) is 57.2 Å². The van der Waals surface area contributed by atoms with Gasteiger partial charge in [-0.15, -0.1) is 0 Å². The predicted octanol–water partition coefficient (Wildman–Crippen LogP) is 2.99. The van der Waals surface area contributed by atoms with Crippen molar-refractivity contribution < 1.29 is 14.3 Å². The van der Waals surface area contributed by atoms with E-state index in [0.717, 1.165) is 23.9 Å². The minimum Gasteiger partial charge on any atom is -0.455 e. The van der Waals surface area contributed by atoms with Gasteiger partial charge >= 0.3 is 5.97 Å². The van der Waals surface area contributed by atoms with Crippen LogP contribution in [0.15, 0.2) is 54.0 Å². The van der Waals surface area contributed by atoms with Crippen molar-refractivity contribution in [1.29, 1.82) is 0 Å². The second kappa shape index (κ2) is 11.9. The molecule has 3 heterocycles. The van der Waals surface area contributed by atoms with Crippen molar-refractivity contribution >= 4 is 23.6 Å². The average molecular weight is 401 g/mol. The standard InChI is InChI=1S/C18H18N4O3S.C2H6/c23-16(22-10-4-1-5-11-22)12-25-17(24)13-26-18-20-9-7-15(21-18)14-6-2-3-8-19-14;1-2/h1-4,6-9H,5,10-13H2;1-2H3. The Morgan fingerprint density at radius 2 is 1.96 bits per heavy atom. The second-order valence-corrected chi connectivity index (χ2v) is 6.43. The predicted molar refractivity (Wildman–Crippen MR) is 109 cm³/mol. The lowest BCUT2D eigenvalue weighted by Crippen LogP contribution is -2.37. The smallest absolute Gasteiger partial charge is 0.316 e. The average Bonchev–Trinajstić information content (AvgIpc) is 2.79. The maximum atomic E-state index is 12.0. The summed E-state index contributed by atoms with van der Waals surface area (Å²) in [6.07, 6.45) is 8.12. The fourth-order valence-corrected chi connectivity index (χ4v) is 2.96. The number of rotatable bonds is 6. The normalized spacial score (nSPS) is 12.7. The van der Waals surface area contributed by atoms with Crippen LogP contribution in [0, 0.1) is 0 Å². The van der Waals surface area contributed by atoms with E-state index < -0.39 is 5.97 Å². The van der Waals surface area contributed by atoms with Crippen LogP contribution in [0.3, 0.4) is 0 Å². The lowest BCUT2D eigenvalue weighted by molar-refractivity contribution is -0.149. The number of ether oxygens (including phenoxy) is 1. The summed E-state index contributed by atoms with van der Waals surface area (Å²) in [6.45, 7) is 5.00. The maximum absolute atomic E-state index is 12.0. The Balaban J connectivity index is 0.00000136. The molecule has 2 aromatic rings. The van der Waals surface area contributed by atoms with Gasteiger partial charge in [0.25, 0.3) is 5.91 Å². The van der Waals surface area contributed by atoms with Crippen molar-refractivity contribution in [3.05, 3.63) is 48.8 Å². The van der Waals surface area contributed by atoms with E-state index in [0.29, 0.717) is 23.9 Å². The molecule has 0 radical (unpaired) electrons. The van der Waals surface area contributed by atoms with Gasteiger partial charge in [0, 0.05) is 25.5 Å². The molecule has 1 aliphatic rings. The number of pyridine rings is 1. The van der Waals surface area contributed by atoms with E-state index in [1.54, 1.807) is 23.4 Å². The molecule has 0 unspecified atom stereocenters. The first-order chi connectivity index (χ1) is 13.7. The zero-order valence-corrected chi connectivity index (χ0v) is 16.9. The number of amides is 1. The largest absolute Gasteiger partial charge is 0.455 e. The zero-order valence-electron chi connectivity index (χ0n) is 16.1. The van der Waals surface area contributed by atoms with Gasteiger partial charge < -0.3 is 9.64 Å². The molecule has 2 aromatic heterocycles. The fourth-order valence-electron chi connectivity index (χ4n) is 2.33. The van der Waals surface area contributed by atoms with Crippen molar-refractivity contribution in [2.75, 3.05) is 25.4 Å². The molecule has 0 fully saturated rings. The Morgan fingerprint density at radius 1 is 1.11 bits per heavy atom. The number of hydrogen-bond acceptors (Lipinski definition) is 7. The number of carbonyl (C=O) groups is 2. The van der Waals surface area contributed by atoms with Gasteiger partial charge in [0.2, 0.25) is 0 Å². The van der Waals surface area contributed by atoms with E-state index in [1.807, 2.05) is 44.2 Å². The lowest BCUT2D eigenvalue weighted by atomic mass is 10.2. The summed E-state index contributed by atoms with van der Waals surface area (Å²) in [4.78, 5) is 38.2. The highest BCUT2D eigenvalue weighted by Gasteiger charge is 2.16. The molecule has 1 aliphatic heterocycles. The molecule has 0 aromatic carbocycles. The molecule has 28 heavy (non-hydrogen) atoms. The first-order valence-corrected chi connectivity index (χ1v) is 10.2. The molecule has 0 spiro atoms. The van der Waals surface area contributed by atoms with Gasteiger partial charge in [0.15, 0.2) is 11.8 Å². The number of nitrogens with zero attached hydrogens (tertiary/aromatic N) is 4. The van der Waals surface area contributed by atoms with Crippen molar-refractivity contribution in [3.8, 4) is 11.4 Å². The van der Waals surface area contributed by atoms with Gasteiger partial charge in [0.05, 0.1) is 17.1 Å². The summed E-state index contributed by atoms with van der Waals surface area (Å²) in [5, 5.41) is 0.456. The number of esters is 1. The second-order valence-electron chi connectivity index (χ2n) is 5.49. The van der Waals surface area contributed by atoms with E-state index in [9.17, 15) is 9.59 Å². The van der Waals surface area contributed by atoms with Crippen LogP contribution in [0.5, 0.6) is 0 Å². The van der Waals surface area contributed by atoms with Gasteiger partial charge in [-0.1, -0.05) is 43.8 Å². The summed E-state index contributed by atoms with van der Waals surface area (Å²) < 4.78 is 5.05. The molecule has 0 N–H and O–H groups in total. The molecule has 0 aliphatic carbocycles. The molecule has 0 saturated heterocycles. The minimum absolute atomic E-state index is 0.0405. The summed E-state index contributed by atoms with van der Waals surface area (Å²) in [6, 6.07) is 7.32. The minimum atomic E-state index is -0.470. The SMILES string of the molecule is CC.O=C(CSc1nccc(-c2ccccn2)n1)OCC(=O)N1CC=CCC1. The maximum Gasteiger partial charge on any atom is 0.316 e. The Hall–Kier alpha value is -2.74. The summed E-state index contributed by atoms with van der Waals surface area (Å²) in [5.41, 5.74) is 1.42. The Bertz CT molecular complexity index is 799. The number of thioether (sulfide) groups is 1. The summed E-state index contributed by atoms with van der Waals surface area (Å²) >= 11 is 1.16. The lowest BCUT2D eigenvalue weighted by Gasteiger charge is -2.22. The van der Waals surface area contributed by atoms with Crippen LogP contribution < -0.4 is 0 Å². The zero-order chi connectivity index (χ0) is 20.2. The quantitative estimate of drug-likeness (QED) is 0.319. The van der Waals surface area contributed by atoms with Crippen molar-refractivity contribution in [2.45, 2.75) is 25.4 Å².